The smallest absolute Gasteiger partial charge is 0.271 e. The van der Waals surface area contributed by atoms with Gasteiger partial charge < -0.3 is 11.1 Å². The van der Waals surface area contributed by atoms with Gasteiger partial charge in [-0.25, -0.2) is 0 Å². The molecule has 0 aliphatic heterocycles. The van der Waals surface area contributed by atoms with Gasteiger partial charge in [-0.1, -0.05) is 26.7 Å². The zero-order valence-corrected chi connectivity index (χ0v) is 11.1. The molecule has 4 N–H and O–H groups in total. The van der Waals surface area contributed by atoms with Crippen molar-refractivity contribution in [1.82, 2.24) is 15.5 Å². The minimum atomic E-state index is -0.137. The lowest BCUT2D eigenvalue weighted by Gasteiger charge is -2.34. The Morgan fingerprint density at radius 2 is 2.22 bits per heavy atom. The van der Waals surface area contributed by atoms with Crippen LogP contribution in [0, 0.1) is 11.8 Å². The minimum Gasteiger partial charge on any atom is -0.396 e. The number of hydrogen-bond acceptors (Lipinski definition) is 3. The second-order valence-electron chi connectivity index (χ2n) is 5.47. The van der Waals surface area contributed by atoms with E-state index in [0.29, 0.717) is 23.2 Å². The number of nitrogens with zero attached hydrogens (tertiary/aromatic N) is 1. The molecule has 1 fully saturated rings. The van der Waals surface area contributed by atoms with Gasteiger partial charge in [0.25, 0.3) is 5.91 Å². The third-order valence-electron chi connectivity index (χ3n) is 3.89. The van der Waals surface area contributed by atoms with Crippen molar-refractivity contribution in [2.24, 2.45) is 11.8 Å². The summed E-state index contributed by atoms with van der Waals surface area (Å²) in [5, 5.41) is 9.53. The van der Waals surface area contributed by atoms with Gasteiger partial charge >= 0.3 is 0 Å². The summed E-state index contributed by atoms with van der Waals surface area (Å²) in [5.74, 6) is 1.02. The van der Waals surface area contributed by atoms with E-state index in [-0.39, 0.29) is 11.9 Å². The van der Waals surface area contributed by atoms with Gasteiger partial charge in [-0.3, -0.25) is 9.89 Å². The molecule has 1 aliphatic carbocycles. The fourth-order valence-corrected chi connectivity index (χ4v) is 2.85. The molecule has 1 heterocycles. The predicted octanol–water partition coefficient (Wildman–Crippen LogP) is 1.94. The third-order valence-corrected chi connectivity index (χ3v) is 3.89. The van der Waals surface area contributed by atoms with Gasteiger partial charge in [-0.2, -0.15) is 5.10 Å². The van der Waals surface area contributed by atoms with Gasteiger partial charge in [-0.15, -0.1) is 0 Å². The summed E-state index contributed by atoms with van der Waals surface area (Å²) in [6.07, 6.45) is 6.17. The van der Waals surface area contributed by atoms with Crippen LogP contribution in [0.4, 0.5) is 5.69 Å². The first-order valence-electron chi connectivity index (χ1n) is 6.69. The van der Waals surface area contributed by atoms with Crippen LogP contribution in [0.15, 0.2) is 6.20 Å². The van der Waals surface area contributed by atoms with Crippen molar-refractivity contribution in [3.8, 4) is 0 Å². The minimum absolute atomic E-state index is 0.137. The zero-order valence-electron chi connectivity index (χ0n) is 11.1. The monoisotopic (exact) mass is 250 g/mol. The molecule has 100 valence electrons. The Balaban J connectivity index is 2.03. The largest absolute Gasteiger partial charge is 0.396 e. The quantitative estimate of drug-likeness (QED) is 0.766. The van der Waals surface area contributed by atoms with Crippen molar-refractivity contribution < 1.29 is 4.79 Å². The van der Waals surface area contributed by atoms with Gasteiger partial charge in [0.05, 0.1) is 11.9 Å². The van der Waals surface area contributed by atoms with Crippen LogP contribution < -0.4 is 11.1 Å². The predicted molar refractivity (Wildman–Crippen MR) is 71.1 cm³/mol. The molecule has 0 bridgehead atoms. The Labute approximate surface area is 108 Å². The average Bonchev–Trinajstić information content (AvgIpc) is 2.76. The number of amides is 1. The molecule has 5 heteroatoms. The molecule has 0 saturated heterocycles. The Kier molecular flexibility index (Phi) is 3.89. The molecule has 2 rings (SSSR count). The first kappa shape index (κ1) is 12.9. The number of aromatic amines is 1. The maximum atomic E-state index is 12.1. The first-order chi connectivity index (χ1) is 8.59. The lowest BCUT2D eigenvalue weighted by molar-refractivity contribution is 0.0885. The summed E-state index contributed by atoms with van der Waals surface area (Å²) in [5.41, 5.74) is 6.47. The fraction of sp³-hybridized carbons (Fsp3) is 0.692. The first-order valence-corrected chi connectivity index (χ1v) is 6.69. The highest BCUT2D eigenvalue weighted by Gasteiger charge is 2.29. The summed E-state index contributed by atoms with van der Waals surface area (Å²) in [6, 6.07) is 0.258. The zero-order chi connectivity index (χ0) is 13.1. The molecule has 0 spiro atoms. The summed E-state index contributed by atoms with van der Waals surface area (Å²) in [7, 11) is 0. The molecule has 18 heavy (non-hydrogen) atoms. The van der Waals surface area contributed by atoms with Crippen molar-refractivity contribution in [2.45, 2.75) is 45.6 Å². The highest BCUT2D eigenvalue weighted by atomic mass is 16.2. The van der Waals surface area contributed by atoms with Gasteiger partial charge in [0, 0.05) is 6.04 Å². The molecule has 0 radical (unpaired) electrons. The molecule has 1 aromatic rings. The van der Waals surface area contributed by atoms with Crippen LogP contribution in [-0.2, 0) is 0 Å². The number of H-pyrrole nitrogens is 1. The molecular weight excluding hydrogens is 228 g/mol. The standard InChI is InChI=1S/C13H22N4O/c1-8(2)9-5-3-4-6-11(9)16-13(18)12-10(14)7-15-17-12/h7-9,11H,3-6,14H2,1-2H3,(H,15,17)(H,16,18). The van der Waals surface area contributed by atoms with E-state index < -0.39 is 0 Å². The lowest BCUT2D eigenvalue weighted by atomic mass is 9.78. The van der Waals surface area contributed by atoms with Crippen LogP contribution in [0.3, 0.4) is 0 Å². The normalized spacial score (nSPS) is 24.2. The van der Waals surface area contributed by atoms with Gasteiger partial charge in [-0.05, 0) is 24.7 Å². The maximum Gasteiger partial charge on any atom is 0.271 e. The van der Waals surface area contributed by atoms with Crippen LogP contribution in [0.25, 0.3) is 0 Å². The molecule has 2 unspecified atom stereocenters. The molecule has 1 aromatic heterocycles. The Bertz CT molecular complexity index is 413. The molecule has 0 aromatic carbocycles. The fourth-order valence-electron chi connectivity index (χ4n) is 2.85. The number of hydrogen-bond donors (Lipinski definition) is 3. The van der Waals surface area contributed by atoms with Crippen LogP contribution in [0.5, 0.6) is 0 Å². The second-order valence-corrected chi connectivity index (χ2v) is 5.47. The highest BCUT2D eigenvalue weighted by Crippen LogP contribution is 2.30. The van der Waals surface area contributed by atoms with Gasteiger partial charge in [0.15, 0.2) is 0 Å². The van der Waals surface area contributed by atoms with E-state index in [1.54, 1.807) is 0 Å². The number of carbonyl (C=O) groups is 1. The van der Waals surface area contributed by atoms with E-state index in [0.717, 1.165) is 6.42 Å². The van der Waals surface area contributed by atoms with E-state index in [9.17, 15) is 4.79 Å². The topological polar surface area (TPSA) is 83.8 Å². The van der Waals surface area contributed by atoms with Gasteiger partial charge in [0.1, 0.15) is 5.69 Å². The van der Waals surface area contributed by atoms with Crippen molar-refractivity contribution in [2.75, 3.05) is 5.73 Å². The summed E-state index contributed by atoms with van der Waals surface area (Å²) >= 11 is 0. The Hall–Kier alpha value is -1.52. The van der Waals surface area contributed by atoms with Crippen LogP contribution in [0.1, 0.15) is 50.0 Å². The number of nitrogens with one attached hydrogen (secondary N) is 2. The number of nitrogens with two attached hydrogens (primary N) is 1. The van der Waals surface area contributed by atoms with E-state index in [2.05, 4.69) is 29.4 Å². The van der Waals surface area contributed by atoms with Crippen LogP contribution >= 0.6 is 0 Å². The molecule has 2 atom stereocenters. The number of anilines is 1. The van der Waals surface area contributed by atoms with Crippen molar-refractivity contribution in [3.63, 3.8) is 0 Å². The third kappa shape index (κ3) is 2.66. The summed E-state index contributed by atoms with van der Waals surface area (Å²) < 4.78 is 0. The molecule has 1 amide bonds. The number of rotatable bonds is 3. The Morgan fingerprint density at radius 3 is 2.83 bits per heavy atom. The molecule has 1 saturated carbocycles. The number of aromatic nitrogens is 2. The second kappa shape index (κ2) is 5.42. The van der Waals surface area contributed by atoms with E-state index >= 15 is 0 Å². The molecule has 5 nitrogen and oxygen atoms in total. The van der Waals surface area contributed by atoms with Gasteiger partial charge in [0.2, 0.25) is 0 Å². The maximum absolute atomic E-state index is 12.1. The number of carbonyl (C=O) groups excluding carboxylic acids is 1. The van der Waals surface area contributed by atoms with Crippen LogP contribution in [-0.4, -0.2) is 22.1 Å². The SMILES string of the molecule is CC(C)C1CCCCC1NC(=O)c1[nH]ncc1N. The van der Waals surface area contributed by atoms with E-state index in [4.69, 9.17) is 5.73 Å². The van der Waals surface area contributed by atoms with Crippen LogP contribution in [0.2, 0.25) is 0 Å². The van der Waals surface area contributed by atoms with E-state index in [1.807, 2.05) is 0 Å². The Morgan fingerprint density at radius 1 is 1.50 bits per heavy atom. The van der Waals surface area contributed by atoms with Crippen molar-refractivity contribution in [1.29, 1.82) is 0 Å². The summed E-state index contributed by atoms with van der Waals surface area (Å²) in [6.45, 7) is 4.44. The average molecular weight is 250 g/mol. The van der Waals surface area contributed by atoms with Crippen molar-refractivity contribution in [3.05, 3.63) is 11.9 Å². The van der Waals surface area contributed by atoms with E-state index in [1.165, 1.54) is 25.5 Å². The highest BCUT2D eigenvalue weighted by molar-refractivity contribution is 5.97. The molecular formula is C13H22N4O. The van der Waals surface area contributed by atoms with Crippen molar-refractivity contribution >= 4 is 11.6 Å². The lowest BCUT2D eigenvalue weighted by Crippen LogP contribution is -2.44. The number of nitrogen functional groups attached to an aromatic ring is 1. The summed E-state index contributed by atoms with van der Waals surface area (Å²) in [4.78, 5) is 12.1. The molecule has 1 aliphatic rings.